The third-order valence-electron chi connectivity index (χ3n) is 7.89. The predicted molar refractivity (Wildman–Crippen MR) is 152 cm³/mol. The standard InChI is InChI=1S/C29H37N7O3/c1-2-39-28(38)35-17-9-21(10-18-35)24-4-3-14-32-25(24)34-27(30)33-23-7-5-22(6-8-23)26(37)36-19-13-29(20-36)11-15-31-16-12-29/h3-9,14,31H,2,10-13,15-20H2,1H3,(H3,30,32,33,34). The summed E-state index contributed by atoms with van der Waals surface area (Å²) in [7, 11) is 0. The van der Waals surface area contributed by atoms with Crippen LogP contribution in [0, 0.1) is 5.41 Å². The Balaban J connectivity index is 1.22. The number of anilines is 1. The van der Waals surface area contributed by atoms with Crippen molar-refractivity contribution in [3.8, 4) is 0 Å². The van der Waals surface area contributed by atoms with Gasteiger partial charge < -0.3 is 30.9 Å². The molecule has 2 amide bonds. The van der Waals surface area contributed by atoms with Crippen molar-refractivity contribution in [3.63, 3.8) is 0 Å². The Labute approximate surface area is 229 Å². The number of carbonyl (C=O) groups is 2. The topological polar surface area (TPSA) is 125 Å². The molecule has 0 atom stereocenters. The van der Waals surface area contributed by atoms with Gasteiger partial charge >= 0.3 is 6.09 Å². The number of rotatable bonds is 5. The summed E-state index contributed by atoms with van der Waals surface area (Å²) in [5, 5.41) is 6.53. The highest BCUT2D eigenvalue weighted by Gasteiger charge is 2.40. The van der Waals surface area contributed by atoms with Crippen molar-refractivity contribution in [2.45, 2.75) is 32.6 Å². The van der Waals surface area contributed by atoms with Crippen LogP contribution in [0.25, 0.3) is 5.57 Å². The SMILES string of the molecule is CCOC(=O)N1CC=C(c2cccnc2N=C(N)Nc2ccc(C(=O)N3CCC4(CCNCC4)C3)cc2)CC1. The van der Waals surface area contributed by atoms with E-state index >= 15 is 0 Å². The van der Waals surface area contributed by atoms with Crippen molar-refractivity contribution in [1.82, 2.24) is 20.1 Å². The molecule has 4 N–H and O–H groups in total. The van der Waals surface area contributed by atoms with Gasteiger partial charge in [0.25, 0.3) is 5.91 Å². The molecule has 10 heteroatoms. The van der Waals surface area contributed by atoms with Crippen molar-refractivity contribution < 1.29 is 14.3 Å². The average Bonchev–Trinajstić information content (AvgIpc) is 3.37. The zero-order chi connectivity index (χ0) is 27.2. The number of hydrogen-bond donors (Lipinski definition) is 3. The number of hydrogen-bond acceptors (Lipinski definition) is 6. The third kappa shape index (κ3) is 6.22. The minimum atomic E-state index is -0.301. The Hall–Kier alpha value is -3.92. The fourth-order valence-electron chi connectivity index (χ4n) is 5.67. The second kappa shape index (κ2) is 11.9. The average molecular weight is 532 g/mol. The van der Waals surface area contributed by atoms with Crippen LogP contribution in [0.1, 0.15) is 48.5 Å². The molecule has 1 aromatic carbocycles. The van der Waals surface area contributed by atoms with E-state index in [1.54, 1.807) is 18.0 Å². The Bertz CT molecular complexity index is 1250. The van der Waals surface area contributed by atoms with Gasteiger partial charge in [-0.2, -0.15) is 4.99 Å². The molecular weight excluding hydrogens is 494 g/mol. The molecule has 10 nitrogen and oxygen atoms in total. The fraction of sp³-hybridized carbons (Fsp3) is 0.448. The molecule has 2 fully saturated rings. The highest BCUT2D eigenvalue weighted by Crippen LogP contribution is 2.39. The lowest BCUT2D eigenvalue weighted by Gasteiger charge is -2.33. The summed E-state index contributed by atoms with van der Waals surface area (Å²) in [6.45, 7) is 6.94. The second-order valence-corrected chi connectivity index (χ2v) is 10.4. The minimum absolute atomic E-state index is 0.0824. The molecule has 1 spiro atoms. The Kier molecular flexibility index (Phi) is 8.11. The maximum absolute atomic E-state index is 13.1. The van der Waals surface area contributed by atoms with Crippen molar-refractivity contribution in [3.05, 3.63) is 59.8 Å². The number of aliphatic imine (C=N–C) groups is 1. The number of ether oxygens (including phenoxy) is 1. The van der Waals surface area contributed by atoms with E-state index < -0.39 is 0 Å². The zero-order valence-corrected chi connectivity index (χ0v) is 22.5. The first-order valence-electron chi connectivity index (χ1n) is 13.7. The molecular formula is C29H37N7O3. The maximum atomic E-state index is 13.1. The number of nitrogens with two attached hydrogens (primary N) is 1. The van der Waals surface area contributed by atoms with Crippen LogP contribution in [0.3, 0.4) is 0 Å². The third-order valence-corrected chi connectivity index (χ3v) is 7.89. The lowest BCUT2D eigenvalue weighted by atomic mass is 9.78. The number of guanidine groups is 1. The molecule has 0 bridgehead atoms. The molecule has 0 saturated carbocycles. The second-order valence-electron chi connectivity index (χ2n) is 10.4. The van der Waals surface area contributed by atoms with Gasteiger partial charge in [0.15, 0.2) is 11.8 Å². The smallest absolute Gasteiger partial charge is 0.410 e. The van der Waals surface area contributed by atoms with Crippen LogP contribution >= 0.6 is 0 Å². The summed E-state index contributed by atoms with van der Waals surface area (Å²) >= 11 is 0. The van der Waals surface area contributed by atoms with Gasteiger partial charge in [-0.1, -0.05) is 6.08 Å². The number of carbonyl (C=O) groups excluding carboxylic acids is 2. The summed E-state index contributed by atoms with van der Waals surface area (Å²) in [6, 6.07) is 11.2. The van der Waals surface area contributed by atoms with Gasteiger partial charge in [-0.3, -0.25) is 4.79 Å². The van der Waals surface area contributed by atoms with Gasteiger partial charge in [0, 0.05) is 49.2 Å². The van der Waals surface area contributed by atoms with Gasteiger partial charge in [0.2, 0.25) is 0 Å². The highest BCUT2D eigenvalue weighted by molar-refractivity contribution is 5.97. The van der Waals surface area contributed by atoms with Crippen LogP contribution in [0.4, 0.5) is 16.3 Å². The summed E-state index contributed by atoms with van der Waals surface area (Å²) in [5.41, 5.74) is 9.88. The van der Waals surface area contributed by atoms with E-state index in [0.717, 1.165) is 62.3 Å². The van der Waals surface area contributed by atoms with Crippen molar-refractivity contribution in [1.29, 1.82) is 0 Å². The fourth-order valence-corrected chi connectivity index (χ4v) is 5.67. The largest absolute Gasteiger partial charge is 0.450 e. The van der Waals surface area contributed by atoms with E-state index in [4.69, 9.17) is 10.5 Å². The van der Waals surface area contributed by atoms with E-state index in [9.17, 15) is 9.59 Å². The number of likely N-dealkylation sites (tertiary alicyclic amines) is 1. The summed E-state index contributed by atoms with van der Waals surface area (Å²) in [5.74, 6) is 0.788. The Morgan fingerprint density at radius 2 is 1.92 bits per heavy atom. The Morgan fingerprint density at radius 3 is 2.64 bits per heavy atom. The van der Waals surface area contributed by atoms with Crippen LogP contribution in [0.5, 0.6) is 0 Å². The number of nitrogens with one attached hydrogen (secondary N) is 2. The number of piperidine rings is 1. The van der Waals surface area contributed by atoms with Crippen molar-refractivity contribution in [2.24, 2.45) is 16.1 Å². The van der Waals surface area contributed by atoms with Crippen LogP contribution < -0.4 is 16.4 Å². The van der Waals surface area contributed by atoms with Gasteiger partial charge in [-0.25, -0.2) is 9.78 Å². The van der Waals surface area contributed by atoms with Crippen molar-refractivity contribution >= 4 is 35.0 Å². The number of benzene rings is 1. The van der Waals surface area contributed by atoms with Gasteiger partial charge in [0.1, 0.15) is 0 Å². The molecule has 0 radical (unpaired) electrons. The Morgan fingerprint density at radius 1 is 1.13 bits per heavy atom. The van der Waals surface area contributed by atoms with Crippen LogP contribution in [-0.2, 0) is 4.74 Å². The van der Waals surface area contributed by atoms with Crippen molar-refractivity contribution in [2.75, 3.05) is 51.2 Å². The molecule has 2 saturated heterocycles. The summed E-state index contributed by atoms with van der Waals surface area (Å²) in [4.78, 5) is 37.8. The van der Waals surface area contributed by atoms with E-state index in [-0.39, 0.29) is 23.4 Å². The molecule has 1 aromatic heterocycles. The molecule has 206 valence electrons. The molecule has 3 aliphatic rings. The molecule has 4 heterocycles. The van der Waals surface area contributed by atoms with Crippen LogP contribution in [0.15, 0.2) is 53.7 Å². The number of aromatic nitrogens is 1. The molecule has 0 aliphatic carbocycles. The lowest BCUT2D eigenvalue weighted by molar-refractivity contribution is 0.0761. The summed E-state index contributed by atoms with van der Waals surface area (Å²) in [6.07, 6.45) is 7.41. The van der Waals surface area contributed by atoms with Crippen LogP contribution in [-0.4, -0.2) is 78.6 Å². The van der Waals surface area contributed by atoms with Gasteiger partial charge in [-0.15, -0.1) is 0 Å². The number of amides is 2. The quantitative estimate of drug-likeness (QED) is 0.398. The first kappa shape index (κ1) is 26.7. The lowest BCUT2D eigenvalue weighted by Crippen LogP contribution is -2.39. The van der Waals surface area contributed by atoms with E-state index in [0.29, 0.717) is 37.5 Å². The first-order valence-corrected chi connectivity index (χ1v) is 13.7. The maximum Gasteiger partial charge on any atom is 0.410 e. The number of pyridine rings is 1. The van der Waals surface area contributed by atoms with E-state index in [2.05, 4.69) is 20.6 Å². The minimum Gasteiger partial charge on any atom is -0.450 e. The molecule has 39 heavy (non-hydrogen) atoms. The summed E-state index contributed by atoms with van der Waals surface area (Å²) < 4.78 is 5.10. The predicted octanol–water partition coefficient (Wildman–Crippen LogP) is 3.60. The normalized spacial score (nSPS) is 19.1. The van der Waals surface area contributed by atoms with Gasteiger partial charge in [-0.05, 0) is 93.1 Å². The van der Waals surface area contributed by atoms with Gasteiger partial charge in [0.05, 0.1) is 6.61 Å². The molecule has 3 aliphatic heterocycles. The number of nitrogens with zero attached hydrogens (tertiary/aromatic N) is 4. The molecule has 5 rings (SSSR count). The monoisotopic (exact) mass is 531 g/mol. The van der Waals surface area contributed by atoms with Crippen LogP contribution in [0.2, 0.25) is 0 Å². The highest BCUT2D eigenvalue weighted by atomic mass is 16.6. The zero-order valence-electron chi connectivity index (χ0n) is 22.5. The van der Waals surface area contributed by atoms with E-state index in [1.165, 1.54) is 0 Å². The molecule has 0 unspecified atom stereocenters. The molecule has 2 aromatic rings. The first-order chi connectivity index (χ1) is 19.0. The van der Waals surface area contributed by atoms with E-state index in [1.807, 2.05) is 47.4 Å².